The summed E-state index contributed by atoms with van der Waals surface area (Å²) < 4.78 is 0. The number of hydrogen-bond donors (Lipinski definition) is 1. The van der Waals surface area contributed by atoms with Crippen molar-refractivity contribution in [3.63, 3.8) is 0 Å². The van der Waals surface area contributed by atoms with Crippen LogP contribution in [0.25, 0.3) is 10.8 Å². The van der Waals surface area contributed by atoms with Crippen LogP contribution in [0.3, 0.4) is 0 Å². The molecule has 0 fully saturated rings. The molecule has 0 aliphatic carbocycles. The van der Waals surface area contributed by atoms with Crippen molar-refractivity contribution in [2.24, 2.45) is 0 Å². The van der Waals surface area contributed by atoms with Gasteiger partial charge in [-0.1, -0.05) is 80.1 Å². The molecule has 0 spiro atoms. The molecule has 0 bridgehead atoms. The van der Waals surface area contributed by atoms with Gasteiger partial charge >= 0.3 is 0 Å². The van der Waals surface area contributed by atoms with E-state index in [9.17, 15) is 5.11 Å². The zero-order valence-electron chi connectivity index (χ0n) is 13.0. The zero-order chi connectivity index (χ0) is 15.4. The second-order valence-electron chi connectivity index (χ2n) is 5.83. The van der Waals surface area contributed by atoms with Gasteiger partial charge in [0.05, 0.1) is 6.10 Å². The minimum Gasteiger partial charge on any atom is -0.388 e. The van der Waals surface area contributed by atoms with E-state index in [1.807, 2.05) is 6.07 Å². The molecular weight excluding hydrogens is 268 g/mol. The Balaban J connectivity index is 2.10. The van der Waals surface area contributed by atoms with E-state index in [-0.39, 0.29) is 0 Å². The lowest BCUT2D eigenvalue weighted by Crippen LogP contribution is -2.04. The van der Waals surface area contributed by atoms with Gasteiger partial charge in [-0.3, -0.25) is 0 Å². The van der Waals surface area contributed by atoms with E-state index in [0.717, 1.165) is 24.8 Å². The molecule has 0 amide bonds. The maximum Gasteiger partial charge on any atom is 0.0798 e. The zero-order valence-corrected chi connectivity index (χ0v) is 13.0. The number of hydrogen-bond acceptors (Lipinski definition) is 1. The summed E-state index contributed by atoms with van der Waals surface area (Å²) >= 11 is 0. The predicted molar refractivity (Wildman–Crippen MR) is 93.1 cm³/mol. The molecule has 3 rings (SSSR count). The third-order valence-corrected chi connectivity index (χ3v) is 4.19. The van der Waals surface area contributed by atoms with Crippen molar-refractivity contribution in [2.75, 3.05) is 0 Å². The number of fused-ring (bicyclic) bond motifs is 1. The summed E-state index contributed by atoms with van der Waals surface area (Å²) in [5.74, 6) is 0. The molecule has 3 aromatic carbocycles. The van der Waals surface area contributed by atoms with E-state index in [2.05, 4.69) is 67.6 Å². The third-order valence-electron chi connectivity index (χ3n) is 4.19. The van der Waals surface area contributed by atoms with Crippen molar-refractivity contribution in [2.45, 2.75) is 32.3 Å². The van der Waals surface area contributed by atoms with Crippen molar-refractivity contribution >= 4 is 10.8 Å². The highest BCUT2D eigenvalue weighted by Gasteiger charge is 2.15. The molecule has 1 atom stereocenters. The van der Waals surface area contributed by atoms with Crippen LogP contribution < -0.4 is 0 Å². The van der Waals surface area contributed by atoms with E-state index >= 15 is 0 Å². The average Bonchev–Trinajstić information content (AvgIpc) is 2.55. The molecule has 0 aliphatic rings. The van der Waals surface area contributed by atoms with E-state index < -0.39 is 6.10 Å². The molecule has 112 valence electrons. The molecule has 0 radical (unpaired) electrons. The van der Waals surface area contributed by atoms with E-state index in [1.54, 1.807) is 0 Å². The molecule has 0 saturated heterocycles. The number of rotatable bonds is 5. The molecule has 1 unspecified atom stereocenters. The van der Waals surface area contributed by atoms with Crippen LogP contribution in [0.15, 0.2) is 66.7 Å². The Morgan fingerprint density at radius 3 is 2.36 bits per heavy atom. The van der Waals surface area contributed by atoms with Crippen LogP contribution in [0.1, 0.15) is 42.6 Å². The molecule has 0 aromatic heterocycles. The highest BCUT2D eigenvalue weighted by atomic mass is 16.3. The lowest BCUT2D eigenvalue weighted by Gasteiger charge is -2.18. The normalized spacial score (nSPS) is 12.5. The summed E-state index contributed by atoms with van der Waals surface area (Å²) in [6.07, 6.45) is 2.25. The fraction of sp³-hybridized carbons (Fsp3) is 0.238. The van der Waals surface area contributed by atoms with Crippen LogP contribution in [0.5, 0.6) is 0 Å². The van der Waals surface area contributed by atoms with Gasteiger partial charge in [0, 0.05) is 0 Å². The Bertz CT molecular complexity index is 746. The largest absolute Gasteiger partial charge is 0.388 e. The molecule has 0 heterocycles. The van der Waals surface area contributed by atoms with Crippen LogP contribution >= 0.6 is 0 Å². The van der Waals surface area contributed by atoms with Crippen molar-refractivity contribution in [3.05, 3.63) is 83.4 Å². The molecule has 0 saturated carbocycles. The standard InChI is InChI=1S/C21H22O/c1-2-8-20(22)21-18(15-16-9-4-3-5-10-16)14-13-17-11-6-7-12-19(17)21/h3-7,9-14,20,22H,2,8,15H2,1H3. The lowest BCUT2D eigenvalue weighted by atomic mass is 9.90. The Hall–Kier alpha value is -2.12. The van der Waals surface area contributed by atoms with Gasteiger partial charge in [0.2, 0.25) is 0 Å². The van der Waals surface area contributed by atoms with Crippen molar-refractivity contribution in [1.82, 2.24) is 0 Å². The summed E-state index contributed by atoms with van der Waals surface area (Å²) in [6.45, 7) is 2.12. The summed E-state index contributed by atoms with van der Waals surface area (Å²) in [6, 6.07) is 23.1. The van der Waals surface area contributed by atoms with Gasteiger partial charge in [0.25, 0.3) is 0 Å². The molecule has 3 aromatic rings. The Kier molecular flexibility index (Phi) is 4.55. The van der Waals surface area contributed by atoms with Gasteiger partial charge in [-0.2, -0.15) is 0 Å². The minimum atomic E-state index is -0.394. The van der Waals surface area contributed by atoms with E-state index in [0.29, 0.717) is 0 Å². The lowest BCUT2D eigenvalue weighted by molar-refractivity contribution is 0.167. The van der Waals surface area contributed by atoms with Crippen LogP contribution in [-0.2, 0) is 6.42 Å². The summed E-state index contributed by atoms with van der Waals surface area (Å²) in [7, 11) is 0. The predicted octanol–water partition coefficient (Wildman–Crippen LogP) is 5.26. The first-order chi connectivity index (χ1) is 10.8. The average molecular weight is 290 g/mol. The molecular formula is C21H22O. The van der Waals surface area contributed by atoms with Crippen LogP contribution in [0, 0.1) is 0 Å². The maximum atomic E-state index is 10.7. The topological polar surface area (TPSA) is 20.2 Å². The molecule has 1 N–H and O–H groups in total. The van der Waals surface area contributed by atoms with Crippen molar-refractivity contribution < 1.29 is 5.11 Å². The smallest absolute Gasteiger partial charge is 0.0798 e. The highest BCUT2D eigenvalue weighted by Crippen LogP contribution is 2.31. The summed E-state index contributed by atoms with van der Waals surface area (Å²) in [5, 5.41) is 13.1. The second kappa shape index (κ2) is 6.76. The van der Waals surface area contributed by atoms with Gasteiger partial charge in [0.15, 0.2) is 0 Å². The fourth-order valence-corrected chi connectivity index (χ4v) is 3.12. The monoisotopic (exact) mass is 290 g/mol. The first-order valence-corrected chi connectivity index (χ1v) is 8.02. The first kappa shape index (κ1) is 14.8. The number of benzene rings is 3. The maximum absolute atomic E-state index is 10.7. The van der Waals surface area contributed by atoms with E-state index in [4.69, 9.17) is 0 Å². The van der Waals surface area contributed by atoms with Gasteiger partial charge in [-0.25, -0.2) is 0 Å². The Morgan fingerprint density at radius 2 is 1.59 bits per heavy atom. The summed E-state index contributed by atoms with van der Waals surface area (Å²) in [4.78, 5) is 0. The Morgan fingerprint density at radius 1 is 0.864 bits per heavy atom. The second-order valence-corrected chi connectivity index (χ2v) is 5.83. The quantitative estimate of drug-likeness (QED) is 0.679. The third kappa shape index (κ3) is 3.05. The fourth-order valence-electron chi connectivity index (χ4n) is 3.12. The van der Waals surface area contributed by atoms with Crippen LogP contribution in [0.2, 0.25) is 0 Å². The van der Waals surface area contributed by atoms with Crippen LogP contribution in [0.4, 0.5) is 0 Å². The van der Waals surface area contributed by atoms with Crippen molar-refractivity contribution in [3.8, 4) is 0 Å². The van der Waals surface area contributed by atoms with E-state index in [1.165, 1.54) is 21.9 Å². The van der Waals surface area contributed by atoms with Gasteiger partial charge in [-0.15, -0.1) is 0 Å². The first-order valence-electron chi connectivity index (χ1n) is 8.02. The summed E-state index contributed by atoms with van der Waals surface area (Å²) in [5.41, 5.74) is 3.61. The van der Waals surface area contributed by atoms with Crippen LogP contribution in [-0.4, -0.2) is 5.11 Å². The van der Waals surface area contributed by atoms with Gasteiger partial charge < -0.3 is 5.11 Å². The SMILES string of the molecule is CCCC(O)c1c(Cc2ccccc2)ccc2ccccc12. The highest BCUT2D eigenvalue weighted by molar-refractivity contribution is 5.87. The number of aliphatic hydroxyl groups excluding tert-OH is 1. The number of aliphatic hydroxyl groups is 1. The van der Waals surface area contributed by atoms with Crippen molar-refractivity contribution in [1.29, 1.82) is 0 Å². The molecule has 22 heavy (non-hydrogen) atoms. The minimum absolute atomic E-state index is 0.394. The van der Waals surface area contributed by atoms with Gasteiger partial charge in [-0.05, 0) is 40.3 Å². The Labute approximate surface area is 132 Å². The van der Waals surface area contributed by atoms with Gasteiger partial charge in [0.1, 0.15) is 0 Å². The molecule has 1 heteroatoms. The molecule has 0 aliphatic heterocycles. The molecule has 1 nitrogen and oxygen atoms in total.